The molecule has 0 spiro atoms. The van der Waals surface area contributed by atoms with Gasteiger partial charge in [0.2, 0.25) is 0 Å². The van der Waals surface area contributed by atoms with E-state index in [2.05, 4.69) is 40.7 Å². The van der Waals surface area contributed by atoms with Crippen molar-refractivity contribution in [1.82, 2.24) is 14.8 Å². The van der Waals surface area contributed by atoms with Gasteiger partial charge in [-0.25, -0.2) is 4.39 Å². The van der Waals surface area contributed by atoms with Gasteiger partial charge < -0.3 is 9.67 Å². The molecule has 166 valence electrons. The summed E-state index contributed by atoms with van der Waals surface area (Å²) in [5, 5.41) is 19.2. The van der Waals surface area contributed by atoms with Gasteiger partial charge in [-0.05, 0) is 86.4 Å². The summed E-state index contributed by atoms with van der Waals surface area (Å²) in [4.78, 5) is 11.8. The van der Waals surface area contributed by atoms with E-state index in [4.69, 9.17) is 0 Å². The zero-order valence-corrected chi connectivity index (χ0v) is 18.7. The maximum absolute atomic E-state index is 13.7. The van der Waals surface area contributed by atoms with Crippen LogP contribution >= 0.6 is 0 Å². The molecule has 0 atom stereocenters. The molecule has 1 fully saturated rings. The maximum atomic E-state index is 13.7. The van der Waals surface area contributed by atoms with Crippen molar-refractivity contribution in [2.75, 3.05) is 0 Å². The smallest absolute Gasteiger partial charge is 0.309 e. The minimum absolute atomic E-state index is 0.242. The third-order valence-corrected chi connectivity index (χ3v) is 7.25. The molecular weight excluding hydrogens is 405 g/mol. The van der Waals surface area contributed by atoms with Gasteiger partial charge in [-0.3, -0.25) is 9.89 Å². The van der Waals surface area contributed by atoms with Crippen molar-refractivity contribution in [2.24, 2.45) is 5.41 Å². The van der Waals surface area contributed by atoms with Crippen molar-refractivity contribution >= 4 is 27.8 Å². The van der Waals surface area contributed by atoms with E-state index in [0.717, 1.165) is 34.9 Å². The normalized spacial score (nSPS) is 21.6. The highest BCUT2D eigenvalue weighted by Crippen LogP contribution is 2.48. The van der Waals surface area contributed by atoms with E-state index >= 15 is 0 Å². The predicted molar refractivity (Wildman–Crippen MR) is 124 cm³/mol. The Morgan fingerprint density at radius 2 is 1.91 bits per heavy atom. The Morgan fingerprint density at radius 1 is 1.22 bits per heavy atom. The number of carboxylic acids is 1. The summed E-state index contributed by atoms with van der Waals surface area (Å²) in [7, 11) is 0. The standard InChI is InChI=1S/C26H28FN3O2/c1-15(2)24-23(16-8-10-26(3,11-9-16)25(31)32)20-13-21-17(14-28-29-21)12-22(20)30(24)19-6-4-18(27)5-7-19/h4-7,12-16H,8-11H2,1-3H3,(H,28,29)(H,31,32)/t16-,26-. The minimum atomic E-state index is -0.701. The number of hydrogen-bond donors (Lipinski definition) is 2. The molecule has 6 heteroatoms. The number of aromatic amines is 1. The SMILES string of the molecule is CC(C)c1c([C@H]2CC[C@](C)(C(=O)O)CC2)c2cc3[nH]ncc3cc2n1-c1ccc(F)cc1. The highest BCUT2D eigenvalue weighted by Gasteiger charge is 2.39. The second-order valence-corrected chi connectivity index (χ2v) is 9.73. The number of hydrogen-bond acceptors (Lipinski definition) is 2. The van der Waals surface area contributed by atoms with Crippen molar-refractivity contribution in [3.8, 4) is 5.69 Å². The van der Waals surface area contributed by atoms with Crippen molar-refractivity contribution in [3.63, 3.8) is 0 Å². The molecule has 0 saturated heterocycles. The lowest BCUT2D eigenvalue weighted by Gasteiger charge is -2.34. The molecule has 1 aliphatic carbocycles. The molecule has 0 bridgehead atoms. The number of aromatic nitrogens is 3. The number of halogens is 1. The Hall–Kier alpha value is -3.15. The van der Waals surface area contributed by atoms with Crippen LogP contribution in [0.5, 0.6) is 0 Å². The average Bonchev–Trinajstić information content (AvgIpc) is 3.35. The quantitative estimate of drug-likeness (QED) is 0.385. The Bertz CT molecular complexity index is 1310. The van der Waals surface area contributed by atoms with Crippen LogP contribution in [0.3, 0.4) is 0 Å². The van der Waals surface area contributed by atoms with E-state index in [1.165, 1.54) is 28.8 Å². The van der Waals surface area contributed by atoms with Crippen molar-refractivity contribution in [2.45, 2.75) is 58.3 Å². The fourth-order valence-electron chi connectivity index (χ4n) is 5.39. The fraction of sp³-hybridized carbons (Fsp3) is 0.385. The number of benzene rings is 2. The zero-order chi connectivity index (χ0) is 22.6. The van der Waals surface area contributed by atoms with Crippen molar-refractivity contribution < 1.29 is 14.3 Å². The summed E-state index contributed by atoms with van der Waals surface area (Å²) in [6, 6.07) is 11.0. The third-order valence-electron chi connectivity index (χ3n) is 7.25. The molecule has 1 aliphatic rings. The van der Waals surface area contributed by atoms with Gasteiger partial charge in [0.25, 0.3) is 0 Å². The van der Waals surface area contributed by atoms with Gasteiger partial charge in [-0.15, -0.1) is 0 Å². The van der Waals surface area contributed by atoms with Crippen LogP contribution in [0.25, 0.3) is 27.5 Å². The summed E-state index contributed by atoms with van der Waals surface area (Å²) < 4.78 is 16.0. The number of rotatable bonds is 4. The number of nitrogens with zero attached hydrogens (tertiary/aromatic N) is 2. The van der Waals surface area contributed by atoms with E-state index in [-0.39, 0.29) is 17.7 Å². The monoisotopic (exact) mass is 433 g/mol. The topological polar surface area (TPSA) is 70.9 Å². The molecule has 1 saturated carbocycles. The first-order chi connectivity index (χ1) is 15.3. The largest absolute Gasteiger partial charge is 0.481 e. The van der Waals surface area contributed by atoms with Crippen LogP contribution in [0, 0.1) is 11.2 Å². The lowest BCUT2D eigenvalue weighted by atomic mass is 9.69. The van der Waals surface area contributed by atoms with Crippen LogP contribution < -0.4 is 0 Å². The lowest BCUT2D eigenvalue weighted by molar-refractivity contribution is -0.149. The summed E-state index contributed by atoms with van der Waals surface area (Å²) in [6.07, 6.45) is 4.84. The molecule has 0 unspecified atom stereocenters. The van der Waals surface area contributed by atoms with Gasteiger partial charge in [0.1, 0.15) is 5.82 Å². The Kier molecular flexibility index (Phi) is 4.84. The van der Waals surface area contributed by atoms with E-state index < -0.39 is 11.4 Å². The number of H-pyrrole nitrogens is 1. The van der Waals surface area contributed by atoms with Crippen LogP contribution in [-0.4, -0.2) is 25.8 Å². The Labute approximate surface area is 186 Å². The second kappa shape index (κ2) is 7.47. The maximum Gasteiger partial charge on any atom is 0.309 e. The summed E-state index contributed by atoms with van der Waals surface area (Å²) in [5.74, 6) is -0.432. The molecule has 5 nitrogen and oxygen atoms in total. The highest BCUT2D eigenvalue weighted by molar-refractivity contribution is 5.99. The van der Waals surface area contributed by atoms with Gasteiger partial charge in [-0.2, -0.15) is 5.10 Å². The number of fused-ring (bicyclic) bond motifs is 2. The second-order valence-electron chi connectivity index (χ2n) is 9.73. The number of nitrogens with one attached hydrogen (secondary N) is 1. The predicted octanol–water partition coefficient (Wildman–Crippen LogP) is 6.52. The van der Waals surface area contributed by atoms with E-state index in [0.29, 0.717) is 12.8 Å². The van der Waals surface area contributed by atoms with Crippen LogP contribution in [0.2, 0.25) is 0 Å². The lowest BCUT2D eigenvalue weighted by Crippen LogP contribution is -2.32. The number of carboxylic acid groups (broad SMARTS) is 1. The van der Waals surface area contributed by atoms with Gasteiger partial charge in [-0.1, -0.05) is 13.8 Å². The van der Waals surface area contributed by atoms with E-state index in [1.54, 1.807) is 0 Å². The first-order valence-corrected chi connectivity index (χ1v) is 11.3. The molecule has 2 N–H and O–H groups in total. The molecule has 5 rings (SSSR count). The third kappa shape index (κ3) is 3.20. The van der Waals surface area contributed by atoms with Gasteiger partial charge in [0.15, 0.2) is 0 Å². The first-order valence-electron chi connectivity index (χ1n) is 11.3. The molecule has 2 aromatic carbocycles. The van der Waals surface area contributed by atoms with E-state index in [1.807, 2.05) is 25.3 Å². The Morgan fingerprint density at radius 3 is 2.53 bits per heavy atom. The van der Waals surface area contributed by atoms with Crippen molar-refractivity contribution in [1.29, 1.82) is 0 Å². The summed E-state index contributed by atoms with van der Waals surface area (Å²) in [6.45, 7) is 6.25. The molecular formula is C26H28FN3O2. The molecule has 4 aromatic rings. The number of aliphatic carboxylic acids is 1. The Balaban J connectivity index is 1.75. The summed E-state index contributed by atoms with van der Waals surface area (Å²) in [5.41, 5.74) is 4.85. The molecule has 0 aliphatic heterocycles. The number of carbonyl (C=O) groups is 1. The highest BCUT2D eigenvalue weighted by atomic mass is 19.1. The first kappa shape index (κ1) is 20.7. The molecule has 2 heterocycles. The molecule has 0 amide bonds. The van der Waals surface area contributed by atoms with Gasteiger partial charge in [0.05, 0.1) is 22.6 Å². The van der Waals surface area contributed by atoms with Gasteiger partial charge >= 0.3 is 5.97 Å². The minimum Gasteiger partial charge on any atom is -0.481 e. The van der Waals surface area contributed by atoms with Crippen LogP contribution in [0.15, 0.2) is 42.6 Å². The van der Waals surface area contributed by atoms with Crippen LogP contribution in [-0.2, 0) is 4.79 Å². The van der Waals surface area contributed by atoms with Crippen LogP contribution in [0.1, 0.15) is 69.5 Å². The molecule has 0 radical (unpaired) electrons. The van der Waals surface area contributed by atoms with Gasteiger partial charge in [0, 0.05) is 22.2 Å². The van der Waals surface area contributed by atoms with E-state index in [9.17, 15) is 14.3 Å². The summed E-state index contributed by atoms with van der Waals surface area (Å²) >= 11 is 0. The van der Waals surface area contributed by atoms with Crippen molar-refractivity contribution in [3.05, 3.63) is 59.7 Å². The zero-order valence-electron chi connectivity index (χ0n) is 18.7. The molecule has 32 heavy (non-hydrogen) atoms. The molecule has 2 aromatic heterocycles. The average molecular weight is 434 g/mol. The fourth-order valence-corrected chi connectivity index (χ4v) is 5.39. The van der Waals surface area contributed by atoms with Crippen LogP contribution in [0.4, 0.5) is 4.39 Å².